The number of halogens is 4. The van der Waals surface area contributed by atoms with Crippen LogP contribution < -0.4 is 11.3 Å². The third-order valence-corrected chi connectivity index (χ3v) is 6.50. The molecule has 0 saturated heterocycles. The number of hydrogen-bond acceptors (Lipinski definition) is 4. The van der Waals surface area contributed by atoms with Gasteiger partial charge in [-0.1, -0.05) is 54.6 Å². The van der Waals surface area contributed by atoms with Crippen LogP contribution in [-0.2, 0) is 19.1 Å². The van der Waals surface area contributed by atoms with E-state index < -0.39 is 29.9 Å². The summed E-state index contributed by atoms with van der Waals surface area (Å²) in [6.07, 6.45) is -3.04. The number of rotatable bonds is 4. The summed E-state index contributed by atoms with van der Waals surface area (Å²) in [5.74, 6) is 0. The molecule has 0 amide bonds. The average Bonchev–Trinajstić information content (AvgIpc) is 3.07. The molecule has 6 nitrogen and oxygen atoms in total. The van der Waals surface area contributed by atoms with Crippen molar-refractivity contribution in [3.63, 3.8) is 0 Å². The highest BCUT2D eigenvalue weighted by atomic mass is 35.5. The first kappa shape index (κ1) is 25.0. The molecule has 1 aliphatic carbocycles. The van der Waals surface area contributed by atoms with Gasteiger partial charge in [0.1, 0.15) is 18.5 Å². The fraction of sp³-hybridized carbons (Fsp3) is 0.280. The summed E-state index contributed by atoms with van der Waals surface area (Å²) >= 11 is 0. The molecule has 2 aromatic carbocycles. The van der Waals surface area contributed by atoms with Crippen molar-refractivity contribution < 1.29 is 18.3 Å². The Morgan fingerprint density at radius 2 is 1.71 bits per heavy atom. The third kappa shape index (κ3) is 4.35. The maximum atomic E-state index is 13.2. The highest BCUT2D eigenvalue weighted by molar-refractivity contribution is 6.02. The molecule has 10 heteroatoms. The van der Waals surface area contributed by atoms with Crippen molar-refractivity contribution >= 4 is 23.4 Å². The second-order valence-corrected chi connectivity index (χ2v) is 8.94. The Kier molecular flexibility index (Phi) is 6.29. The quantitative estimate of drug-likeness (QED) is 0.432. The van der Waals surface area contributed by atoms with E-state index in [1.165, 1.54) is 0 Å². The van der Waals surface area contributed by atoms with Crippen molar-refractivity contribution in [1.82, 2.24) is 14.1 Å². The van der Waals surface area contributed by atoms with Gasteiger partial charge in [0.15, 0.2) is 0 Å². The van der Waals surface area contributed by atoms with Gasteiger partial charge < -0.3 is 15.4 Å². The molecule has 0 bridgehead atoms. The highest BCUT2D eigenvalue weighted by Gasteiger charge is 2.41. The summed E-state index contributed by atoms with van der Waals surface area (Å²) in [7, 11) is 1.74. The van der Waals surface area contributed by atoms with E-state index in [1.54, 1.807) is 11.6 Å². The standard InChI is InChI=1S/C25H23F3N4O2.ClH/c1-31-21(16-7-9-17(10-8-16)24(29)11-18(33)12-24)19(15-5-3-2-4-6-15)20-22(31)30-14-32(23(20)34)13-25(26,27)28;/h2-10,14,18,33H,11-13,29H2,1H3;1H. The molecule has 0 radical (unpaired) electrons. The molecule has 2 aromatic heterocycles. The molecule has 5 rings (SSSR count). The molecule has 0 aliphatic heterocycles. The molecule has 0 atom stereocenters. The van der Waals surface area contributed by atoms with E-state index in [2.05, 4.69) is 4.98 Å². The van der Waals surface area contributed by atoms with Crippen LogP contribution in [0.5, 0.6) is 0 Å². The first-order valence-corrected chi connectivity index (χ1v) is 10.9. The minimum absolute atomic E-state index is 0. The molecule has 0 spiro atoms. The van der Waals surface area contributed by atoms with E-state index in [4.69, 9.17) is 5.73 Å². The largest absolute Gasteiger partial charge is 0.406 e. The molecule has 1 saturated carbocycles. The zero-order chi connectivity index (χ0) is 24.3. The summed E-state index contributed by atoms with van der Waals surface area (Å²) in [5.41, 5.74) is 8.94. The number of fused-ring (bicyclic) bond motifs is 1. The van der Waals surface area contributed by atoms with Gasteiger partial charge in [0.2, 0.25) is 0 Å². The zero-order valence-electron chi connectivity index (χ0n) is 18.8. The highest BCUT2D eigenvalue weighted by Crippen LogP contribution is 2.42. The van der Waals surface area contributed by atoms with Crippen molar-refractivity contribution in [2.24, 2.45) is 12.8 Å². The Bertz CT molecular complexity index is 1420. The summed E-state index contributed by atoms with van der Waals surface area (Å²) in [6, 6.07) is 16.6. The topological polar surface area (TPSA) is 86.1 Å². The van der Waals surface area contributed by atoms with Crippen LogP contribution in [0, 0.1) is 0 Å². The van der Waals surface area contributed by atoms with E-state index in [1.807, 2.05) is 54.6 Å². The van der Waals surface area contributed by atoms with Gasteiger partial charge >= 0.3 is 6.18 Å². The first-order chi connectivity index (χ1) is 16.1. The van der Waals surface area contributed by atoms with Crippen LogP contribution in [0.1, 0.15) is 18.4 Å². The predicted octanol–water partition coefficient (Wildman–Crippen LogP) is 4.36. The normalized spacial score (nSPS) is 19.9. The fourth-order valence-electron chi connectivity index (χ4n) is 4.85. The van der Waals surface area contributed by atoms with E-state index >= 15 is 0 Å². The van der Waals surface area contributed by atoms with Gasteiger partial charge in [-0.05, 0) is 29.5 Å². The Labute approximate surface area is 205 Å². The zero-order valence-corrected chi connectivity index (χ0v) is 19.6. The van der Waals surface area contributed by atoms with Crippen molar-refractivity contribution in [3.8, 4) is 22.4 Å². The van der Waals surface area contributed by atoms with Crippen molar-refractivity contribution in [2.45, 2.75) is 37.2 Å². The lowest BCUT2D eigenvalue weighted by Crippen LogP contribution is -2.51. The monoisotopic (exact) mass is 504 g/mol. The molecule has 4 aromatic rings. The average molecular weight is 505 g/mol. The van der Waals surface area contributed by atoms with Crippen LogP contribution in [0.3, 0.4) is 0 Å². The minimum Gasteiger partial charge on any atom is -0.393 e. The second kappa shape index (κ2) is 8.82. The number of nitrogens with zero attached hydrogens (tertiary/aromatic N) is 3. The van der Waals surface area contributed by atoms with Crippen LogP contribution in [0.4, 0.5) is 13.2 Å². The van der Waals surface area contributed by atoms with Crippen molar-refractivity contribution in [3.05, 3.63) is 76.8 Å². The molecule has 1 fully saturated rings. The maximum Gasteiger partial charge on any atom is 0.406 e. The summed E-state index contributed by atoms with van der Waals surface area (Å²) in [6.45, 7) is -1.41. The smallest absolute Gasteiger partial charge is 0.393 e. The van der Waals surface area contributed by atoms with Gasteiger partial charge in [0, 0.05) is 18.2 Å². The van der Waals surface area contributed by atoms with Crippen molar-refractivity contribution in [1.29, 1.82) is 0 Å². The molecule has 1 aliphatic rings. The Morgan fingerprint density at radius 1 is 1.09 bits per heavy atom. The molecule has 0 unspecified atom stereocenters. The number of hydrogen-bond donors (Lipinski definition) is 2. The summed E-state index contributed by atoms with van der Waals surface area (Å²) < 4.78 is 41.5. The molecule has 2 heterocycles. The molecular weight excluding hydrogens is 481 g/mol. The lowest BCUT2D eigenvalue weighted by Gasteiger charge is -2.42. The molecule has 3 N–H and O–H groups in total. The predicted molar refractivity (Wildman–Crippen MR) is 130 cm³/mol. The molecule has 35 heavy (non-hydrogen) atoms. The third-order valence-electron chi connectivity index (χ3n) is 6.50. The maximum absolute atomic E-state index is 13.2. The number of alkyl halides is 3. The van der Waals surface area contributed by atoms with Crippen LogP contribution in [0.2, 0.25) is 0 Å². The lowest BCUT2D eigenvalue weighted by molar-refractivity contribution is -0.141. The van der Waals surface area contributed by atoms with E-state index in [0.29, 0.717) is 39.9 Å². The molecule has 184 valence electrons. The van der Waals surface area contributed by atoms with Crippen LogP contribution >= 0.6 is 12.4 Å². The van der Waals surface area contributed by atoms with Gasteiger partial charge in [0.25, 0.3) is 5.56 Å². The minimum atomic E-state index is -4.55. The van der Waals surface area contributed by atoms with E-state index in [9.17, 15) is 23.1 Å². The Morgan fingerprint density at radius 3 is 2.29 bits per heavy atom. The second-order valence-electron chi connectivity index (χ2n) is 8.94. The SMILES string of the molecule is Cl.Cn1c(-c2ccc(C3(N)CC(O)C3)cc2)c(-c2ccccc2)c2c(=O)n(CC(F)(F)F)cnc21. The van der Waals surface area contributed by atoms with E-state index in [-0.39, 0.29) is 17.8 Å². The van der Waals surface area contributed by atoms with Gasteiger partial charge in [-0.15, -0.1) is 12.4 Å². The van der Waals surface area contributed by atoms with Gasteiger partial charge in [-0.2, -0.15) is 13.2 Å². The number of aliphatic hydroxyl groups excluding tert-OH is 1. The van der Waals surface area contributed by atoms with Gasteiger partial charge in [0.05, 0.1) is 17.2 Å². The Hall–Kier alpha value is -3.14. The first-order valence-electron chi connectivity index (χ1n) is 10.9. The van der Waals surface area contributed by atoms with Crippen LogP contribution in [-0.4, -0.2) is 31.5 Å². The van der Waals surface area contributed by atoms with E-state index in [0.717, 1.165) is 17.5 Å². The number of aryl methyl sites for hydroxylation is 1. The summed E-state index contributed by atoms with van der Waals surface area (Å²) in [5, 5.41) is 9.82. The Balaban J connectivity index is 0.00000289. The van der Waals surface area contributed by atoms with Gasteiger partial charge in [-0.3, -0.25) is 9.36 Å². The number of aromatic nitrogens is 3. The summed E-state index contributed by atoms with van der Waals surface area (Å²) in [4.78, 5) is 17.5. The number of benzene rings is 2. The number of nitrogens with two attached hydrogens (primary N) is 1. The fourth-order valence-corrected chi connectivity index (χ4v) is 4.85. The van der Waals surface area contributed by atoms with Crippen molar-refractivity contribution in [2.75, 3.05) is 0 Å². The van der Waals surface area contributed by atoms with Gasteiger partial charge in [-0.25, -0.2) is 4.98 Å². The number of aliphatic hydroxyl groups is 1. The van der Waals surface area contributed by atoms with Crippen LogP contribution in [0.15, 0.2) is 65.7 Å². The molecular formula is C25H24ClF3N4O2. The lowest BCUT2D eigenvalue weighted by atomic mass is 9.70. The van der Waals surface area contributed by atoms with Crippen LogP contribution in [0.25, 0.3) is 33.4 Å².